The number of benzene rings is 1. The first-order valence-electron chi connectivity index (χ1n) is 5.54. The summed E-state index contributed by atoms with van der Waals surface area (Å²) in [5.74, 6) is -0.167. The van der Waals surface area contributed by atoms with E-state index in [9.17, 15) is 4.39 Å². The molecule has 0 aliphatic carbocycles. The third kappa shape index (κ3) is 2.29. The Hall–Kier alpha value is -1.09. The molecule has 1 aromatic rings. The van der Waals surface area contributed by atoms with Gasteiger partial charge in [0.25, 0.3) is 0 Å². The summed E-state index contributed by atoms with van der Waals surface area (Å²) in [6.45, 7) is 5.23. The first kappa shape index (κ1) is 10.4. The summed E-state index contributed by atoms with van der Waals surface area (Å²) in [4.78, 5) is 2.33. The second-order valence-electron chi connectivity index (χ2n) is 3.91. The Balaban J connectivity index is 2.14. The molecule has 1 aliphatic rings. The van der Waals surface area contributed by atoms with Crippen LogP contribution in [0, 0.1) is 5.82 Å². The molecule has 1 aromatic carbocycles. The van der Waals surface area contributed by atoms with Crippen molar-refractivity contribution in [3.8, 4) is 0 Å². The molecular formula is C12H17FN2. The lowest BCUT2D eigenvalue weighted by Crippen LogP contribution is -2.36. The molecule has 1 aliphatic heterocycles. The Bertz CT molecular complexity index is 304. The van der Waals surface area contributed by atoms with Gasteiger partial charge < -0.3 is 10.2 Å². The number of likely N-dealkylation sites (N-methyl/N-ethyl adjacent to an activating group) is 1. The van der Waals surface area contributed by atoms with E-state index in [0.29, 0.717) is 6.04 Å². The number of anilines is 1. The van der Waals surface area contributed by atoms with Gasteiger partial charge in [0, 0.05) is 24.8 Å². The molecule has 1 fully saturated rings. The zero-order valence-corrected chi connectivity index (χ0v) is 9.04. The predicted molar refractivity (Wildman–Crippen MR) is 60.7 cm³/mol. The number of nitrogens with one attached hydrogen (secondary N) is 1. The van der Waals surface area contributed by atoms with Crippen molar-refractivity contribution in [2.75, 3.05) is 24.5 Å². The van der Waals surface area contributed by atoms with Crippen molar-refractivity contribution in [2.45, 2.75) is 19.4 Å². The highest BCUT2D eigenvalue weighted by molar-refractivity contribution is 5.47. The summed E-state index contributed by atoms with van der Waals surface area (Å²) in [5.41, 5.74) is 1.12. The molecule has 0 spiro atoms. The van der Waals surface area contributed by atoms with E-state index in [1.54, 1.807) is 0 Å². The zero-order valence-electron chi connectivity index (χ0n) is 9.04. The molecule has 1 saturated heterocycles. The highest BCUT2D eigenvalue weighted by Crippen LogP contribution is 2.20. The van der Waals surface area contributed by atoms with Crippen LogP contribution in [0.25, 0.3) is 0 Å². The molecule has 1 atom stereocenters. The summed E-state index contributed by atoms with van der Waals surface area (Å²) in [6, 6.07) is 7.33. The summed E-state index contributed by atoms with van der Waals surface area (Å²) in [7, 11) is 0. The Labute approximate surface area is 90.1 Å². The second kappa shape index (κ2) is 4.62. The van der Waals surface area contributed by atoms with E-state index in [1.807, 2.05) is 12.1 Å². The van der Waals surface area contributed by atoms with Crippen LogP contribution in [0.2, 0.25) is 0 Å². The second-order valence-corrected chi connectivity index (χ2v) is 3.91. The Morgan fingerprint density at radius 2 is 2.13 bits per heavy atom. The van der Waals surface area contributed by atoms with Crippen LogP contribution in [-0.2, 0) is 0 Å². The van der Waals surface area contributed by atoms with Crippen molar-refractivity contribution in [1.29, 1.82) is 0 Å². The fourth-order valence-corrected chi connectivity index (χ4v) is 2.19. The third-order valence-corrected chi connectivity index (χ3v) is 2.97. The maximum absolute atomic E-state index is 12.8. The average Bonchev–Trinajstić information content (AvgIpc) is 2.75. The monoisotopic (exact) mass is 208 g/mol. The number of hydrogen-bond acceptors (Lipinski definition) is 2. The van der Waals surface area contributed by atoms with Gasteiger partial charge in [0.1, 0.15) is 5.82 Å². The van der Waals surface area contributed by atoms with Crippen LogP contribution in [0.5, 0.6) is 0 Å². The number of rotatable bonds is 3. The van der Waals surface area contributed by atoms with E-state index >= 15 is 0 Å². The normalized spacial score (nSPS) is 20.5. The van der Waals surface area contributed by atoms with Crippen LogP contribution in [0.4, 0.5) is 10.1 Å². The van der Waals surface area contributed by atoms with Crippen LogP contribution >= 0.6 is 0 Å². The summed E-state index contributed by atoms with van der Waals surface area (Å²) in [5, 5.41) is 3.35. The fraction of sp³-hybridized carbons (Fsp3) is 0.500. The van der Waals surface area contributed by atoms with E-state index in [-0.39, 0.29) is 5.82 Å². The van der Waals surface area contributed by atoms with Crippen molar-refractivity contribution >= 4 is 5.69 Å². The maximum atomic E-state index is 12.8. The van der Waals surface area contributed by atoms with Gasteiger partial charge in [-0.1, -0.05) is 0 Å². The quantitative estimate of drug-likeness (QED) is 0.817. The Kier molecular flexibility index (Phi) is 3.21. The molecule has 0 bridgehead atoms. The highest BCUT2D eigenvalue weighted by atomic mass is 19.1. The lowest BCUT2D eigenvalue weighted by Gasteiger charge is -2.29. The molecule has 3 heteroatoms. The van der Waals surface area contributed by atoms with Gasteiger partial charge in [-0.3, -0.25) is 0 Å². The first-order chi connectivity index (χ1) is 7.31. The Morgan fingerprint density at radius 3 is 2.67 bits per heavy atom. The van der Waals surface area contributed by atoms with Crippen LogP contribution in [0.15, 0.2) is 24.3 Å². The van der Waals surface area contributed by atoms with Crippen molar-refractivity contribution in [3.63, 3.8) is 0 Å². The van der Waals surface area contributed by atoms with E-state index in [2.05, 4.69) is 17.1 Å². The Morgan fingerprint density at radius 1 is 1.40 bits per heavy atom. The molecule has 82 valence electrons. The van der Waals surface area contributed by atoms with Gasteiger partial charge in [-0.15, -0.1) is 0 Å². The molecule has 1 N–H and O–H groups in total. The first-order valence-corrected chi connectivity index (χ1v) is 5.54. The van der Waals surface area contributed by atoms with Gasteiger partial charge >= 0.3 is 0 Å². The highest BCUT2D eigenvalue weighted by Gasteiger charge is 2.21. The van der Waals surface area contributed by atoms with Crippen LogP contribution in [-0.4, -0.2) is 25.7 Å². The molecule has 1 unspecified atom stereocenters. The van der Waals surface area contributed by atoms with Crippen LogP contribution in [0.1, 0.15) is 13.3 Å². The molecule has 0 amide bonds. The van der Waals surface area contributed by atoms with Gasteiger partial charge in [-0.2, -0.15) is 0 Å². The maximum Gasteiger partial charge on any atom is 0.123 e. The SMILES string of the molecule is CCN(c1ccc(F)cc1)C1CCNC1. The van der Waals surface area contributed by atoms with E-state index in [0.717, 1.165) is 25.3 Å². The molecular weight excluding hydrogens is 191 g/mol. The third-order valence-electron chi connectivity index (χ3n) is 2.97. The van der Waals surface area contributed by atoms with Gasteiger partial charge in [0.05, 0.1) is 0 Å². The molecule has 0 saturated carbocycles. The average molecular weight is 208 g/mol. The van der Waals surface area contributed by atoms with Gasteiger partial charge in [0.15, 0.2) is 0 Å². The molecule has 0 radical (unpaired) electrons. The molecule has 0 aromatic heterocycles. The predicted octanol–water partition coefficient (Wildman–Crippen LogP) is 2.01. The fourth-order valence-electron chi connectivity index (χ4n) is 2.19. The molecule has 15 heavy (non-hydrogen) atoms. The molecule has 2 nitrogen and oxygen atoms in total. The zero-order chi connectivity index (χ0) is 10.7. The minimum Gasteiger partial charge on any atom is -0.367 e. The molecule has 2 rings (SSSR count). The van der Waals surface area contributed by atoms with Crippen molar-refractivity contribution in [1.82, 2.24) is 5.32 Å². The van der Waals surface area contributed by atoms with E-state index in [4.69, 9.17) is 0 Å². The lowest BCUT2D eigenvalue weighted by molar-refractivity contribution is 0.623. The van der Waals surface area contributed by atoms with Crippen molar-refractivity contribution < 1.29 is 4.39 Å². The van der Waals surface area contributed by atoms with Crippen molar-refractivity contribution in [2.24, 2.45) is 0 Å². The molecule has 1 heterocycles. The standard InChI is InChI=1S/C12H17FN2/c1-2-15(12-7-8-14-9-12)11-5-3-10(13)4-6-11/h3-6,12,14H,2,7-9H2,1H3. The topological polar surface area (TPSA) is 15.3 Å². The van der Waals surface area contributed by atoms with Gasteiger partial charge in [-0.05, 0) is 44.2 Å². The number of halogens is 1. The van der Waals surface area contributed by atoms with E-state index in [1.165, 1.54) is 18.6 Å². The minimum absolute atomic E-state index is 0.167. The van der Waals surface area contributed by atoms with Crippen LogP contribution < -0.4 is 10.2 Å². The summed E-state index contributed by atoms with van der Waals surface area (Å²) >= 11 is 0. The number of nitrogens with zero attached hydrogens (tertiary/aromatic N) is 1. The van der Waals surface area contributed by atoms with Crippen LogP contribution in [0.3, 0.4) is 0 Å². The smallest absolute Gasteiger partial charge is 0.123 e. The van der Waals surface area contributed by atoms with Gasteiger partial charge in [-0.25, -0.2) is 4.39 Å². The van der Waals surface area contributed by atoms with Gasteiger partial charge in [0.2, 0.25) is 0 Å². The largest absolute Gasteiger partial charge is 0.367 e. The lowest BCUT2D eigenvalue weighted by atomic mass is 10.2. The number of hydrogen-bond donors (Lipinski definition) is 1. The van der Waals surface area contributed by atoms with E-state index < -0.39 is 0 Å². The minimum atomic E-state index is -0.167. The summed E-state index contributed by atoms with van der Waals surface area (Å²) in [6.07, 6.45) is 1.17. The summed E-state index contributed by atoms with van der Waals surface area (Å²) < 4.78 is 12.8. The van der Waals surface area contributed by atoms with Crippen molar-refractivity contribution in [3.05, 3.63) is 30.1 Å².